The number of carbonyl (C=O) groups excluding carboxylic acids is 1. The van der Waals surface area contributed by atoms with Gasteiger partial charge in [-0.25, -0.2) is 0 Å². The number of fused-ring (bicyclic) bond motifs is 1. The Morgan fingerprint density at radius 2 is 2.05 bits per heavy atom. The van der Waals surface area contributed by atoms with Gasteiger partial charge in [0.2, 0.25) is 0 Å². The van der Waals surface area contributed by atoms with Crippen LogP contribution in [0.2, 0.25) is 5.02 Å². The monoisotopic (exact) mass is 281 g/mol. The Bertz CT molecular complexity index is 616. The van der Waals surface area contributed by atoms with Gasteiger partial charge in [-0.15, -0.1) is 10.2 Å². The summed E-state index contributed by atoms with van der Waals surface area (Å²) in [5.74, 6) is 0.478. The average Bonchev–Trinajstić information content (AvgIpc) is 2.93. The molecule has 19 heavy (non-hydrogen) atoms. The van der Waals surface area contributed by atoms with E-state index < -0.39 is 5.91 Å². The molecule has 0 fully saturated rings. The Hall–Kier alpha value is -2.35. The van der Waals surface area contributed by atoms with E-state index in [-0.39, 0.29) is 5.82 Å². The molecule has 3 rings (SSSR count). The van der Waals surface area contributed by atoms with Crippen LogP contribution in [0.15, 0.2) is 12.1 Å². The van der Waals surface area contributed by atoms with Crippen LogP contribution in [0.25, 0.3) is 0 Å². The van der Waals surface area contributed by atoms with Crippen LogP contribution in [0.4, 0.5) is 5.69 Å². The number of nitrogens with zero attached hydrogens (tertiary/aromatic N) is 3. The molecule has 1 amide bonds. The number of nitrogens with one attached hydrogen (secondary N) is 2. The number of hydrogen-bond acceptors (Lipinski definition) is 6. The molecule has 0 saturated heterocycles. The second-order valence-corrected chi connectivity index (χ2v) is 4.07. The number of aromatic amines is 1. The molecule has 0 bridgehead atoms. The van der Waals surface area contributed by atoms with Gasteiger partial charge in [0.05, 0.1) is 10.7 Å². The average molecular weight is 282 g/mol. The van der Waals surface area contributed by atoms with Crippen LogP contribution >= 0.6 is 11.6 Å². The van der Waals surface area contributed by atoms with Crippen molar-refractivity contribution in [3.05, 3.63) is 23.0 Å². The van der Waals surface area contributed by atoms with Crippen molar-refractivity contribution in [1.29, 1.82) is 0 Å². The van der Waals surface area contributed by atoms with Gasteiger partial charge in [0.1, 0.15) is 13.2 Å². The van der Waals surface area contributed by atoms with Gasteiger partial charge in [-0.05, 0) is 5.21 Å². The number of H-pyrrole nitrogens is 1. The molecule has 0 aliphatic carbocycles. The highest BCUT2D eigenvalue weighted by atomic mass is 35.5. The molecule has 1 aliphatic rings. The second-order valence-electron chi connectivity index (χ2n) is 3.67. The lowest BCUT2D eigenvalue weighted by molar-refractivity contribution is 0.101. The predicted octanol–water partition coefficient (Wildman–Crippen LogP) is 0.877. The van der Waals surface area contributed by atoms with Gasteiger partial charge in [0.25, 0.3) is 11.7 Å². The first kappa shape index (κ1) is 11.7. The summed E-state index contributed by atoms with van der Waals surface area (Å²) in [7, 11) is 0. The van der Waals surface area contributed by atoms with Gasteiger partial charge in [-0.2, -0.15) is 5.21 Å². The quantitative estimate of drug-likeness (QED) is 0.847. The molecule has 0 unspecified atom stereocenters. The molecule has 98 valence electrons. The van der Waals surface area contributed by atoms with Crippen LogP contribution in [-0.2, 0) is 0 Å². The van der Waals surface area contributed by atoms with Crippen LogP contribution < -0.4 is 14.8 Å². The standard InChI is InChI=1S/C10H8ClN5O3/c11-5-3-7-8(19-2-1-18-7)4-6(5)12-10(17)9-13-15-16-14-9/h3-4H,1-2H2,(H,12,17)(H,13,14,15,16). The number of aromatic nitrogens is 4. The Labute approximate surface area is 112 Å². The predicted molar refractivity (Wildman–Crippen MR) is 64.6 cm³/mol. The number of anilines is 1. The van der Waals surface area contributed by atoms with E-state index in [2.05, 4.69) is 25.9 Å². The van der Waals surface area contributed by atoms with Gasteiger partial charge in [-0.3, -0.25) is 4.79 Å². The van der Waals surface area contributed by atoms with Gasteiger partial charge < -0.3 is 14.8 Å². The van der Waals surface area contributed by atoms with Gasteiger partial charge >= 0.3 is 0 Å². The summed E-state index contributed by atoms with van der Waals surface area (Å²) in [6.45, 7) is 0.921. The fraction of sp³-hybridized carbons (Fsp3) is 0.200. The van der Waals surface area contributed by atoms with Crippen LogP contribution in [0.5, 0.6) is 11.5 Å². The molecule has 2 aromatic rings. The number of carbonyl (C=O) groups is 1. The van der Waals surface area contributed by atoms with Crippen molar-refractivity contribution in [2.45, 2.75) is 0 Å². The van der Waals surface area contributed by atoms with Crippen molar-refractivity contribution in [3.8, 4) is 11.5 Å². The molecule has 0 spiro atoms. The molecule has 1 aromatic carbocycles. The first-order valence-corrected chi connectivity index (χ1v) is 5.76. The summed E-state index contributed by atoms with van der Waals surface area (Å²) in [5.41, 5.74) is 0.390. The molecule has 0 radical (unpaired) electrons. The zero-order valence-electron chi connectivity index (χ0n) is 9.51. The molecule has 2 N–H and O–H groups in total. The third kappa shape index (κ3) is 2.29. The molecule has 9 heteroatoms. The minimum atomic E-state index is -0.521. The van der Waals surface area contributed by atoms with Crippen LogP contribution in [0.1, 0.15) is 10.6 Å². The Kier molecular flexibility index (Phi) is 2.92. The van der Waals surface area contributed by atoms with Crippen molar-refractivity contribution in [2.24, 2.45) is 0 Å². The van der Waals surface area contributed by atoms with Crippen molar-refractivity contribution < 1.29 is 14.3 Å². The van der Waals surface area contributed by atoms with Crippen molar-refractivity contribution in [2.75, 3.05) is 18.5 Å². The molecule has 0 atom stereocenters. The lowest BCUT2D eigenvalue weighted by atomic mass is 10.2. The summed E-state index contributed by atoms with van der Waals surface area (Å²) in [5, 5.41) is 15.5. The summed E-state index contributed by atoms with van der Waals surface area (Å²) in [6, 6.07) is 3.18. The topological polar surface area (TPSA) is 102 Å². The highest BCUT2D eigenvalue weighted by Gasteiger charge is 2.18. The smallest absolute Gasteiger partial charge is 0.297 e. The van der Waals surface area contributed by atoms with Crippen LogP contribution in [0, 0.1) is 0 Å². The van der Waals surface area contributed by atoms with E-state index in [0.717, 1.165) is 0 Å². The van der Waals surface area contributed by atoms with E-state index in [9.17, 15) is 4.79 Å². The number of halogens is 1. The largest absolute Gasteiger partial charge is 0.486 e. The third-order valence-electron chi connectivity index (χ3n) is 2.43. The molecule has 1 aliphatic heterocycles. The minimum absolute atomic E-state index is 0.0778. The highest BCUT2D eigenvalue weighted by molar-refractivity contribution is 6.34. The maximum atomic E-state index is 11.8. The Morgan fingerprint density at radius 3 is 2.74 bits per heavy atom. The van der Waals surface area contributed by atoms with E-state index >= 15 is 0 Å². The van der Waals surface area contributed by atoms with E-state index in [0.29, 0.717) is 35.4 Å². The maximum Gasteiger partial charge on any atom is 0.297 e. The first-order chi connectivity index (χ1) is 9.24. The third-order valence-corrected chi connectivity index (χ3v) is 2.74. The summed E-state index contributed by atoms with van der Waals surface area (Å²) in [6.07, 6.45) is 0. The van der Waals surface area contributed by atoms with E-state index in [4.69, 9.17) is 21.1 Å². The lowest BCUT2D eigenvalue weighted by Gasteiger charge is -2.19. The second kappa shape index (κ2) is 4.73. The van der Waals surface area contributed by atoms with Crippen molar-refractivity contribution >= 4 is 23.2 Å². The van der Waals surface area contributed by atoms with Gasteiger partial charge in [0.15, 0.2) is 11.5 Å². The van der Waals surface area contributed by atoms with Gasteiger partial charge in [-0.1, -0.05) is 11.6 Å². The fourth-order valence-corrected chi connectivity index (χ4v) is 1.80. The molecule has 8 nitrogen and oxygen atoms in total. The van der Waals surface area contributed by atoms with E-state index in [1.807, 2.05) is 0 Å². The molecular weight excluding hydrogens is 274 g/mol. The minimum Gasteiger partial charge on any atom is -0.486 e. The molecule has 1 aromatic heterocycles. The maximum absolute atomic E-state index is 11.8. The molecule has 2 heterocycles. The number of tetrazole rings is 1. The Morgan fingerprint density at radius 1 is 1.32 bits per heavy atom. The summed E-state index contributed by atoms with van der Waals surface area (Å²) in [4.78, 5) is 11.8. The molecular formula is C10H8ClN5O3. The zero-order chi connectivity index (χ0) is 13.2. The number of hydrogen-bond donors (Lipinski definition) is 2. The first-order valence-electron chi connectivity index (χ1n) is 5.38. The summed E-state index contributed by atoms with van der Waals surface area (Å²) >= 11 is 6.05. The number of amides is 1. The van der Waals surface area contributed by atoms with Crippen LogP contribution in [0.3, 0.4) is 0 Å². The fourth-order valence-electron chi connectivity index (χ4n) is 1.60. The van der Waals surface area contributed by atoms with E-state index in [1.54, 1.807) is 12.1 Å². The number of benzene rings is 1. The van der Waals surface area contributed by atoms with Crippen LogP contribution in [-0.4, -0.2) is 39.7 Å². The van der Waals surface area contributed by atoms with Crippen molar-refractivity contribution in [3.63, 3.8) is 0 Å². The van der Waals surface area contributed by atoms with Crippen molar-refractivity contribution in [1.82, 2.24) is 20.6 Å². The number of ether oxygens (including phenoxy) is 2. The SMILES string of the molecule is O=C(Nc1cc2c(cc1Cl)OCCO2)c1nn[nH]n1. The zero-order valence-corrected chi connectivity index (χ0v) is 10.3. The summed E-state index contributed by atoms with van der Waals surface area (Å²) < 4.78 is 10.8. The Balaban J connectivity index is 1.87. The molecule has 0 saturated carbocycles. The van der Waals surface area contributed by atoms with Gasteiger partial charge in [0, 0.05) is 12.1 Å². The normalized spacial score (nSPS) is 13.1. The lowest BCUT2D eigenvalue weighted by Crippen LogP contribution is -2.17. The highest BCUT2D eigenvalue weighted by Crippen LogP contribution is 2.37. The van der Waals surface area contributed by atoms with E-state index in [1.165, 1.54) is 0 Å². The number of rotatable bonds is 2.